The molecule has 0 radical (unpaired) electrons. The van der Waals surface area contributed by atoms with Crippen molar-refractivity contribution in [3.05, 3.63) is 0 Å². The van der Waals surface area contributed by atoms with E-state index >= 15 is 0 Å². The Morgan fingerprint density at radius 3 is 2.20 bits per heavy atom. The van der Waals surface area contributed by atoms with Crippen molar-refractivity contribution < 1.29 is 19.5 Å². The van der Waals surface area contributed by atoms with Crippen molar-refractivity contribution in [2.24, 2.45) is 5.73 Å². The molecule has 0 aliphatic carbocycles. The van der Waals surface area contributed by atoms with Crippen LogP contribution in [0.5, 0.6) is 0 Å². The monoisotopic (exact) mass is 288 g/mol. The van der Waals surface area contributed by atoms with Crippen LogP contribution in [0.2, 0.25) is 0 Å². The zero-order valence-corrected chi connectivity index (χ0v) is 12.3. The molecule has 8 heteroatoms. The molecule has 0 aromatic heterocycles. The number of nitrogens with one attached hydrogen (secondary N) is 1. The standard InChI is InChI=1S/C12H24N4O4/c1-4-5-16(7-6-15(2)3)12(20)14-9(11(18)19)8-10(13)17/h9H,4-8H2,1-3H3,(H2,13,17)(H,14,20)(H,18,19)/t9-/m1/s1. The number of carbonyl (C=O) groups excluding carboxylic acids is 2. The number of amides is 3. The summed E-state index contributed by atoms with van der Waals surface area (Å²) in [6.07, 6.45) is 0.336. The van der Waals surface area contributed by atoms with Crippen LogP contribution < -0.4 is 11.1 Å². The predicted octanol–water partition coefficient (Wildman–Crippen LogP) is -0.702. The number of rotatable bonds is 9. The molecular formula is C12H24N4O4. The Kier molecular flexibility index (Phi) is 8.30. The van der Waals surface area contributed by atoms with Gasteiger partial charge in [0.05, 0.1) is 6.42 Å². The highest BCUT2D eigenvalue weighted by Crippen LogP contribution is 1.98. The van der Waals surface area contributed by atoms with E-state index in [1.807, 2.05) is 25.9 Å². The van der Waals surface area contributed by atoms with Crippen LogP contribution in [0, 0.1) is 0 Å². The van der Waals surface area contributed by atoms with Gasteiger partial charge in [0, 0.05) is 19.6 Å². The van der Waals surface area contributed by atoms with E-state index in [1.165, 1.54) is 4.90 Å². The van der Waals surface area contributed by atoms with Crippen molar-refractivity contribution in [2.45, 2.75) is 25.8 Å². The number of hydrogen-bond acceptors (Lipinski definition) is 4. The first-order chi connectivity index (χ1) is 9.27. The number of nitrogens with zero attached hydrogens (tertiary/aromatic N) is 2. The Morgan fingerprint density at radius 1 is 1.20 bits per heavy atom. The third kappa shape index (κ3) is 7.57. The lowest BCUT2D eigenvalue weighted by Crippen LogP contribution is -2.50. The van der Waals surface area contributed by atoms with E-state index in [-0.39, 0.29) is 0 Å². The molecule has 4 N–H and O–H groups in total. The quantitative estimate of drug-likeness (QED) is 0.519. The van der Waals surface area contributed by atoms with E-state index in [1.54, 1.807) is 0 Å². The van der Waals surface area contributed by atoms with Crippen molar-refractivity contribution in [3.63, 3.8) is 0 Å². The van der Waals surface area contributed by atoms with Gasteiger partial charge in [-0.15, -0.1) is 0 Å². The molecular weight excluding hydrogens is 264 g/mol. The fourth-order valence-electron chi connectivity index (χ4n) is 1.55. The lowest BCUT2D eigenvalue weighted by atomic mass is 10.2. The second-order valence-electron chi connectivity index (χ2n) is 4.80. The molecule has 0 aliphatic rings. The zero-order chi connectivity index (χ0) is 15.7. The van der Waals surface area contributed by atoms with Crippen LogP contribution in [-0.4, -0.2) is 72.6 Å². The predicted molar refractivity (Wildman–Crippen MR) is 74.2 cm³/mol. The minimum absolute atomic E-state index is 0.422. The van der Waals surface area contributed by atoms with Gasteiger partial charge in [0.15, 0.2) is 0 Å². The van der Waals surface area contributed by atoms with Gasteiger partial charge in [0.1, 0.15) is 6.04 Å². The summed E-state index contributed by atoms with van der Waals surface area (Å²) in [5, 5.41) is 11.3. The molecule has 0 unspecified atom stereocenters. The fourth-order valence-corrected chi connectivity index (χ4v) is 1.55. The van der Waals surface area contributed by atoms with Gasteiger partial charge in [-0.1, -0.05) is 6.92 Å². The van der Waals surface area contributed by atoms with E-state index < -0.39 is 30.4 Å². The first-order valence-electron chi connectivity index (χ1n) is 6.49. The molecule has 0 saturated heterocycles. The third-order valence-corrected chi connectivity index (χ3v) is 2.60. The Balaban J connectivity index is 4.61. The zero-order valence-electron chi connectivity index (χ0n) is 12.3. The number of primary amides is 1. The topological polar surface area (TPSA) is 116 Å². The van der Waals surface area contributed by atoms with Crippen LogP contribution in [0.25, 0.3) is 0 Å². The van der Waals surface area contributed by atoms with E-state index in [9.17, 15) is 14.4 Å². The van der Waals surface area contributed by atoms with Crippen molar-refractivity contribution in [2.75, 3.05) is 33.7 Å². The molecule has 0 saturated carbocycles. The maximum Gasteiger partial charge on any atom is 0.326 e. The van der Waals surface area contributed by atoms with Gasteiger partial charge in [-0.3, -0.25) is 4.79 Å². The molecule has 0 rings (SSSR count). The van der Waals surface area contributed by atoms with Crippen molar-refractivity contribution >= 4 is 17.9 Å². The summed E-state index contributed by atoms with van der Waals surface area (Å²) in [5.74, 6) is -2.05. The number of hydrogen-bond donors (Lipinski definition) is 3. The van der Waals surface area contributed by atoms with Crippen molar-refractivity contribution in [1.29, 1.82) is 0 Å². The van der Waals surface area contributed by atoms with E-state index in [0.29, 0.717) is 19.6 Å². The van der Waals surface area contributed by atoms with Gasteiger partial charge in [-0.25, -0.2) is 9.59 Å². The molecule has 0 aromatic rings. The highest BCUT2D eigenvalue weighted by atomic mass is 16.4. The molecule has 0 fully saturated rings. The molecule has 0 heterocycles. The second kappa shape index (κ2) is 9.13. The number of aliphatic carboxylic acids is 1. The van der Waals surface area contributed by atoms with Crippen molar-refractivity contribution in [1.82, 2.24) is 15.1 Å². The molecule has 1 atom stereocenters. The van der Waals surface area contributed by atoms with E-state index in [2.05, 4.69) is 5.32 Å². The van der Waals surface area contributed by atoms with Crippen LogP contribution in [0.3, 0.4) is 0 Å². The molecule has 8 nitrogen and oxygen atoms in total. The lowest BCUT2D eigenvalue weighted by molar-refractivity contribution is -0.140. The highest BCUT2D eigenvalue weighted by molar-refractivity contribution is 5.87. The summed E-state index contributed by atoms with van der Waals surface area (Å²) in [5.41, 5.74) is 4.97. The van der Waals surface area contributed by atoms with Crippen LogP contribution in [0.1, 0.15) is 19.8 Å². The van der Waals surface area contributed by atoms with Crippen LogP contribution in [0.4, 0.5) is 4.79 Å². The number of carbonyl (C=O) groups is 3. The maximum atomic E-state index is 12.0. The smallest absolute Gasteiger partial charge is 0.326 e. The van der Waals surface area contributed by atoms with E-state index in [4.69, 9.17) is 10.8 Å². The molecule has 0 spiro atoms. The van der Waals surface area contributed by atoms with E-state index in [0.717, 1.165) is 6.42 Å². The minimum atomic E-state index is -1.29. The van der Waals surface area contributed by atoms with Gasteiger partial charge in [0.25, 0.3) is 0 Å². The average molecular weight is 288 g/mol. The Hall–Kier alpha value is -1.83. The second-order valence-corrected chi connectivity index (χ2v) is 4.80. The Morgan fingerprint density at radius 2 is 1.80 bits per heavy atom. The molecule has 0 aliphatic heterocycles. The summed E-state index contributed by atoms with van der Waals surface area (Å²) >= 11 is 0. The largest absolute Gasteiger partial charge is 0.480 e. The molecule has 0 bridgehead atoms. The summed E-state index contributed by atoms with van der Waals surface area (Å²) in [4.78, 5) is 37.2. The third-order valence-electron chi connectivity index (χ3n) is 2.60. The first-order valence-corrected chi connectivity index (χ1v) is 6.49. The minimum Gasteiger partial charge on any atom is -0.480 e. The molecule has 0 aromatic carbocycles. The summed E-state index contributed by atoms with van der Waals surface area (Å²) in [7, 11) is 3.77. The van der Waals surface area contributed by atoms with Gasteiger partial charge >= 0.3 is 12.0 Å². The number of carboxylic acid groups (broad SMARTS) is 1. The number of likely N-dealkylation sites (N-methyl/N-ethyl adjacent to an activating group) is 1. The summed E-state index contributed by atoms with van der Waals surface area (Å²) < 4.78 is 0. The van der Waals surface area contributed by atoms with Crippen molar-refractivity contribution in [3.8, 4) is 0 Å². The number of carboxylic acids is 1. The van der Waals surface area contributed by atoms with Gasteiger partial charge in [-0.05, 0) is 20.5 Å². The maximum absolute atomic E-state index is 12.0. The fraction of sp³-hybridized carbons (Fsp3) is 0.750. The van der Waals surface area contributed by atoms with Crippen LogP contribution >= 0.6 is 0 Å². The Labute approximate surface area is 118 Å². The summed E-state index contributed by atoms with van der Waals surface area (Å²) in [6, 6.07) is -1.79. The van der Waals surface area contributed by atoms with Crippen LogP contribution in [0.15, 0.2) is 0 Å². The first kappa shape index (κ1) is 18.2. The number of urea groups is 1. The van der Waals surface area contributed by atoms with Gasteiger partial charge in [0.2, 0.25) is 5.91 Å². The van der Waals surface area contributed by atoms with Gasteiger partial charge < -0.3 is 26.0 Å². The van der Waals surface area contributed by atoms with Crippen LogP contribution in [-0.2, 0) is 9.59 Å². The average Bonchev–Trinajstić information content (AvgIpc) is 2.32. The molecule has 3 amide bonds. The SMILES string of the molecule is CCCN(CCN(C)C)C(=O)N[C@H](CC(N)=O)C(=O)O. The lowest BCUT2D eigenvalue weighted by Gasteiger charge is -2.25. The summed E-state index contributed by atoms with van der Waals surface area (Å²) in [6.45, 7) is 3.59. The molecule has 20 heavy (non-hydrogen) atoms. The molecule has 116 valence electrons. The Bertz CT molecular complexity index is 346. The highest BCUT2D eigenvalue weighted by Gasteiger charge is 2.24. The normalized spacial score (nSPS) is 12.0. The van der Waals surface area contributed by atoms with Gasteiger partial charge in [-0.2, -0.15) is 0 Å². The number of nitrogens with two attached hydrogens (primary N) is 1.